The van der Waals surface area contributed by atoms with E-state index in [1.165, 1.54) is 14.2 Å². The number of methoxy groups -OCH3 is 2. The highest BCUT2D eigenvalue weighted by Crippen LogP contribution is 2.25. The lowest BCUT2D eigenvalue weighted by molar-refractivity contribution is -0.352. The zero-order valence-corrected chi connectivity index (χ0v) is 16.9. The van der Waals surface area contributed by atoms with Gasteiger partial charge in [0.1, 0.15) is 23.7 Å². The van der Waals surface area contributed by atoms with Gasteiger partial charge in [0.2, 0.25) is 0 Å². The zero-order chi connectivity index (χ0) is 21.3. The minimum absolute atomic E-state index is 0.298. The summed E-state index contributed by atoms with van der Waals surface area (Å²) in [6, 6.07) is 13.1. The molecule has 2 aromatic carbocycles. The van der Waals surface area contributed by atoms with Gasteiger partial charge in [-0.15, -0.1) is 0 Å². The Kier molecular flexibility index (Phi) is 7.64. The second-order valence-electron chi connectivity index (χ2n) is 6.76. The van der Waals surface area contributed by atoms with E-state index in [1.807, 2.05) is 0 Å². The minimum Gasteiger partial charge on any atom is -0.497 e. The van der Waals surface area contributed by atoms with Crippen LogP contribution in [0.1, 0.15) is 46.4 Å². The fourth-order valence-corrected chi connectivity index (χ4v) is 3.09. The Morgan fingerprint density at radius 2 is 1.17 bits per heavy atom. The lowest BCUT2D eigenvalue weighted by atomic mass is 9.95. The summed E-state index contributed by atoms with van der Waals surface area (Å²) in [7, 11) is 3.02. The standard InChI is InChI=1S/C22H24O8/c1-25-17-9-5-7-15(13-17)21(23)29-27-19-11-3-4-12-20(19)28-30-22(24)16-8-6-10-18(14-16)26-2/h5-10,13-14,19-20H,3-4,11-12H2,1-2H3. The smallest absolute Gasteiger partial charge is 0.373 e. The first-order chi connectivity index (χ1) is 14.6. The normalized spacial score (nSPS) is 18.3. The Bertz CT molecular complexity index is 794. The molecule has 1 saturated carbocycles. The van der Waals surface area contributed by atoms with E-state index in [1.54, 1.807) is 48.5 Å². The molecule has 1 aliphatic rings. The predicted molar refractivity (Wildman–Crippen MR) is 105 cm³/mol. The Balaban J connectivity index is 1.54. The fourth-order valence-electron chi connectivity index (χ4n) is 3.09. The highest BCUT2D eigenvalue weighted by molar-refractivity contribution is 5.89. The highest BCUT2D eigenvalue weighted by Gasteiger charge is 2.31. The zero-order valence-electron chi connectivity index (χ0n) is 16.9. The summed E-state index contributed by atoms with van der Waals surface area (Å²) in [4.78, 5) is 45.1. The molecule has 3 rings (SSSR count). The van der Waals surface area contributed by atoms with Gasteiger partial charge in [0.05, 0.1) is 25.3 Å². The van der Waals surface area contributed by atoms with Crippen LogP contribution in [-0.4, -0.2) is 38.4 Å². The van der Waals surface area contributed by atoms with Gasteiger partial charge < -0.3 is 9.47 Å². The number of carbonyl (C=O) groups is 2. The van der Waals surface area contributed by atoms with Crippen LogP contribution >= 0.6 is 0 Å². The molecule has 8 heteroatoms. The Morgan fingerprint density at radius 3 is 1.57 bits per heavy atom. The van der Waals surface area contributed by atoms with Crippen LogP contribution in [0.25, 0.3) is 0 Å². The van der Waals surface area contributed by atoms with Gasteiger partial charge in [-0.2, -0.15) is 9.78 Å². The van der Waals surface area contributed by atoms with Gasteiger partial charge in [0, 0.05) is 0 Å². The van der Waals surface area contributed by atoms with Crippen molar-refractivity contribution in [3.63, 3.8) is 0 Å². The van der Waals surface area contributed by atoms with Crippen LogP contribution in [0, 0.1) is 0 Å². The number of carbonyl (C=O) groups excluding carboxylic acids is 2. The fraction of sp³-hybridized carbons (Fsp3) is 0.364. The molecule has 0 aliphatic heterocycles. The predicted octanol–water partition coefficient (Wildman–Crippen LogP) is 3.89. The maximum absolute atomic E-state index is 12.2. The van der Waals surface area contributed by atoms with Crippen LogP contribution in [0.5, 0.6) is 11.5 Å². The Labute approximate surface area is 174 Å². The summed E-state index contributed by atoms with van der Waals surface area (Å²) in [6.45, 7) is 0. The van der Waals surface area contributed by atoms with E-state index in [-0.39, 0.29) is 0 Å². The average Bonchev–Trinajstić information content (AvgIpc) is 2.81. The van der Waals surface area contributed by atoms with Gasteiger partial charge >= 0.3 is 11.9 Å². The Hall–Kier alpha value is -3.10. The molecule has 0 aromatic heterocycles. The molecule has 30 heavy (non-hydrogen) atoms. The minimum atomic E-state index is -0.647. The second-order valence-corrected chi connectivity index (χ2v) is 6.76. The third-order valence-corrected chi connectivity index (χ3v) is 4.75. The molecular weight excluding hydrogens is 392 g/mol. The first-order valence-corrected chi connectivity index (χ1v) is 9.64. The quantitative estimate of drug-likeness (QED) is 0.473. The maximum atomic E-state index is 12.2. The molecule has 0 spiro atoms. The first-order valence-electron chi connectivity index (χ1n) is 9.64. The van der Waals surface area contributed by atoms with Gasteiger partial charge in [-0.1, -0.05) is 25.0 Å². The van der Waals surface area contributed by atoms with Crippen LogP contribution in [0.3, 0.4) is 0 Å². The van der Waals surface area contributed by atoms with Gasteiger partial charge in [-0.05, 0) is 49.2 Å². The summed E-state index contributed by atoms with van der Waals surface area (Å²) < 4.78 is 10.2. The molecule has 2 aromatic rings. The third-order valence-electron chi connectivity index (χ3n) is 4.75. The van der Waals surface area contributed by atoms with Crippen LogP contribution in [-0.2, 0) is 19.6 Å². The second kappa shape index (κ2) is 10.6. The van der Waals surface area contributed by atoms with Crippen molar-refractivity contribution in [3.8, 4) is 11.5 Å². The van der Waals surface area contributed by atoms with Crippen LogP contribution in [0.4, 0.5) is 0 Å². The molecular formula is C22H24O8. The molecule has 0 N–H and O–H groups in total. The lowest BCUT2D eigenvalue weighted by Gasteiger charge is -2.28. The molecule has 0 saturated heterocycles. The Morgan fingerprint density at radius 1 is 0.733 bits per heavy atom. The maximum Gasteiger partial charge on any atom is 0.373 e. The van der Waals surface area contributed by atoms with Crippen molar-refractivity contribution in [1.82, 2.24) is 0 Å². The van der Waals surface area contributed by atoms with Crippen molar-refractivity contribution in [2.24, 2.45) is 0 Å². The number of ether oxygens (including phenoxy) is 2. The summed E-state index contributed by atoms with van der Waals surface area (Å²) in [6.07, 6.45) is 1.87. The molecule has 0 heterocycles. The van der Waals surface area contributed by atoms with Crippen molar-refractivity contribution in [2.45, 2.75) is 37.9 Å². The van der Waals surface area contributed by atoms with Gasteiger partial charge in [0.15, 0.2) is 0 Å². The van der Waals surface area contributed by atoms with Crippen molar-refractivity contribution < 1.29 is 38.6 Å². The van der Waals surface area contributed by atoms with Crippen LogP contribution in [0.15, 0.2) is 48.5 Å². The average molecular weight is 416 g/mol. The molecule has 160 valence electrons. The number of benzene rings is 2. The number of rotatable bonds is 8. The highest BCUT2D eigenvalue weighted by atomic mass is 17.2. The van der Waals surface area contributed by atoms with E-state index >= 15 is 0 Å². The summed E-state index contributed by atoms with van der Waals surface area (Å²) in [5.74, 6) is -0.223. The molecule has 8 nitrogen and oxygen atoms in total. The molecule has 2 unspecified atom stereocenters. The van der Waals surface area contributed by atoms with E-state index in [2.05, 4.69) is 0 Å². The largest absolute Gasteiger partial charge is 0.497 e. The van der Waals surface area contributed by atoms with E-state index in [4.69, 9.17) is 29.0 Å². The van der Waals surface area contributed by atoms with Crippen molar-refractivity contribution in [3.05, 3.63) is 59.7 Å². The lowest BCUT2D eigenvalue weighted by Crippen LogP contribution is -2.36. The van der Waals surface area contributed by atoms with E-state index < -0.39 is 24.1 Å². The van der Waals surface area contributed by atoms with Crippen molar-refractivity contribution in [1.29, 1.82) is 0 Å². The summed E-state index contributed by atoms with van der Waals surface area (Å²) in [5, 5.41) is 0. The van der Waals surface area contributed by atoms with Crippen molar-refractivity contribution >= 4 is 11.9 Å². The van der Waals surface area contributed by atoms with Crippen LogP contribution in [0.2, 0.25) is 0 Å². The SMILES string of the molecule is COc1cccc(C(=O)OOC2CCCCC2OOC(=O)c2cccc(OC)c2)c1. The van der Waals surface area contributed by atoms with Gasteiger partial charge in [0.25, 0.3) is 0 Å². The van der Waals surface area contributed by atoms with Crippen molar-refractivity contribution in [2.75, 3.05) is 14.2 Å². The van der Waals surface area contributed by atoms with E-state index in [0.29, 0.717) is 35.5 Å². The molecule has 1 aliphatic carbocycles. The number of hydrogen-bond acceptors (Lipinski definition) is 8. The van der Waals surface area contributed by atoms with E-state index in [9.17, 15) is 9.59 Å². The first kappa shape index (κ1) is 21.6. The molecule has 0 radical (unpaired) electrons. The van der Waals surface area contributed by atoms with Crippen LogP contribution < -0.4 is 9.47 Å². The summed E-state index contributed by atoms with van der Waals surface area (Å²) >= 11 is 0. The molecule has 0 amide bonds. The third kappa shape index (κ3) is 5.71. The van der Waals surface area contributed by atoms with Gasteiger partial charge in [-0.25, -0.2) is 9.59 Å². The monoisotopic (exact) mass is 416 g/mol. The summed E-state index contributed by atoms with van der Waals surface area (Å²) in [5.41, 5.74) is 0.596. The van der Waals surface area contributed by atoms with Gasteiger partial charge in [-0.3, -0.25) is 9.78 Å². The topological polar surface area (TPSA) is 89.5 Å². The molecule has 1 fully saturated rings. The van der Waals surface area contributed by atoms with E-state index in [0.717, 1.165) is 12.8 Å². The number of hydrogen-bond donors (Lipinski definition) is 0. The molecule has 0 bridgehead atoms. The molecule has 2 atom stereocenters.